The average Bonchev–Trinajstić information content (AvgIpc) is 2.71. The van der Waals surface area contributed by atoms with Gasteiger partial charge < -0.3 is 4.90 Å². The van der Waals surface area contributed by atoms with Gasteiger partial charge in [-0.05, 0) is 24.5 Å². The fourth-order valence-electron chi connectivity index (χ4n) is 2.38. The Hall–Kier alpha value is -0.190. The Labute approximate surface area is 138 Å². The highest BCUT2D eigenvalue weighted by molar-refractivity contribution is 9.09. The molecule has 1 fully saturated rings. The highest BCUT2D eigenvalue weighted by Crippen LogP contribution is 2.37. The lowest BCUT2D eigenvalue weighted by molar-refractivity contribution is -0.130. The van der Waals surface area contributed by atoms with Crippen LogP contribution in [0.25, 0.3) is 0 Å². The first kappa shape index (κ1) is 16.2. The molecule has 0 saturated carbocycles. The van der Waals surface area contributed by atoms with E-state index in [1.807, 2.05) is 34.9 Å². The first-order chi connectivity index (χ1) is 9.72. The molecule has 1 aliphatic heterocycles. The molecule has 1 aromatic carbocycles. The molecule has 110 valence electrons. The van der Waals surface area contributed by atoms with Crippen molar-refractivity contribution in [1.82, 2.24) is 4.90 Å². The van der Waals surface area contributed by atoms with Crippen molar-refractivity contribution in [3.63, 3.8) is 0 Å². The number of amides is 1. The molecule has 1 heterocycles. The van der Waals surface area contributed by atoms with Crippen LogP contribution in [0.2, 0.25) is 5.02 Å². The first-order valence-electron chi connectivity index (χ1n) is 6.92. The number of nitrogens with zero attached hydrogens (tertiary/aromatic N) is 1. The minimum Gasteiger partial charge on any atom is -0.342 e. The van der Waals surface area contributed by atoms with E-state index in [0.29, 0.717) is 11.7 Å². The molecule has 0 aromatic heterocycles. The summed E-state index contributed by atoms with van der Waals surface area (Å²) >= 11 is 11.6. The van der Waals surface area contributed by atoms with E-state index in [0.717, 1.165) is 42.0 Å². The smallest absolute Gasteiger partial charge is 0.222 e. The zero-order valence-corrected chi connectivity index (χ0v) is 14.5. The van der Waals surface area contributed by atoms with Gasteiger partial charge in [-0.25, -0.2) is 0 Å². The summed E-state index contributed by atoms with van der Waals surface area (Å²) in [5.74, 6) is 1.26. The lowest BCUT2D eigenvalue weighted by Gasteiger charge is -2.20. The van der Waals surface area contributed by atoms with Crippen LogP contribution in [-0.2, 0) is 4.79 Å². The summed E-state index contributed by atoms with van der Waals surface area (Å²) in [5, 5.41) is 2.13. The number of carbonyl (C=O) groups is 1. The molecule has 2 nitrogen and oxygen atoms in total. The van der Waals surface area contributed by atoms with E-state index in [4.69, 9.17) is 11.6 Å². The van der Waals surface area contributed by atoms with Crippen LogP contribution in [0, 0.1) is 0 Å². The van der Waals surface area contributed by atoms with Crippen molar-refractivity contribution in [3.8, 4) is 0 Å². The molecular weight excluding hydrogens is 358 g/mol. The predicted octanol–water partition coefficient (Wildman–Crippen LogP) is 4.52. The standard InChI is InChI=1S/C15H19BrClNOS/c16-8-3-6-15(19)18-9-7-14(20-11-10-18)12-4-1-2-5-13(12)17/h1-2,4-5,14H,3,6-11H2. The fraction of sp³-hybridized carbons (Fsp3) is 0.533. The number of carbonyl (C=O) groups excluding carboxylic acids is 1. The summed E-state index contributed by atoms with van der Waals surface area (Å²) in [6.45, 7) is 1.69. The first-order valence-corrected chi connectivity index (χ1v) is 9.47. The largest absolute Gasteiger partial charge is 0.342 e. The molecule has 1 saturated heterocycles. The third-order valence-electron chi connectivity index (χ3n) is 3.47. The van der Waals surface area contributed by atoms with Gasteiger partial charge in [0, 0.05) is 40.9 Å². The van der Waals surface area contributed by atoms with Crippen molar-refractivity contribution in [2.24, 2.45) is 0 Å². The summed E-state index contributed by atoms with van der Waals surface area (Å²) < 4.78 is 0. The molecular formula is C15H19BrClNOS. The number of halogens is 2. The maximum Gasteiger partial charge on any atom is 0.222 e. The van der Waals surface area contributed by atoms with Crippen LogP contribution in [0.4, 0.5) is 0 Å². The maximum absolute atomic E-state index is 12.1. The van der Waals surface area contributed by atoms with Crippen LogP contribution in [0.5, 0.6) is 0 Å². The Kier molecular flexibility index (Phi) is 6.72. The second-order valence-electron chi connectivity index (χ2n) is 4.84. The zero-order chi connectivity index (χ0) is 14.4. The van der Waals surface area contributed by atoms with Gasteiger partial charge in [0.2, 0.25) is 5.91 Å². The molecule has 1 aromatic rings. The Balaban J connectivity index is 1.95. The molecule has 1 unspecified atom stereocenters. The monoisotopic (exact) mass is 375 g/mol. The minimum absolute atomic E-state index is 0.282. The van der Waals surface area contributed by atoms with Crippen LogP contribution in [0.3, 0.4) is 0 Å². The van der Waals surface area contributed by atoms with Crippen molar-refractivity contribution >= 4 is 45.2 Å². The molecule has 1 amide bonds. The Morgan fingerprint density at radius 3 is 2.95 bits per heavy atom. The Morgan fingerprint density at radius 1 is 1.40 bits per heavy atom. The Morgan fingerprint density at radius 2 is 2.20 bits per heavy atom. The molecule has 0 bridgehead atoms. The molecule has 0 radical (unpaired) electrons. The fourth-order valence-corrected chi connectivity index (χ4v) is 4.26. The van der Waals surface area contributed by atoms with Gasteiger partial charge in [-0.15, -0.1) is 0 Å². The van der Waals surface area contributed by atoms with E-state index in [1.165, 1.54) is 5.56 Å². The van der Waals surface area contributed by atoms with Gasteiger partial charge in [-0.2, -0.15) is 11.8 Å². The quantitative estimate of drug-likeness (QED) is 0.720. The van der Waals surface area contributed by atoms with E-state index in [9.17, 15) is 4.79 Å². The maximum atomic E-state index is 12.1. The normalized spacial score (nSPS) is 19.7. The van der Waals surface area contributed by atoms with E-state index < -0.39 is 0 Å². The van der Waals surface area contributed by atoms with E-state index in [-0.39, 0.29) is 5.91 Å². The lowest BCUT2D eigenvalue weighted by Crippen LogP contribution is -2.32. The summed E-state index contributed by atoms with van der Waals surface area (Å²) in [4.78, 5) is 14.1. The molecule has 20 heavy (non-hydrogen) atoms. The van der Waals surface area contributed by atoms with Crippen molar-refractivity contribution in [1.29, 1.82) is 0 Å². The summed E-state index contributed by atoms with van der Waals surface area (Å²) in [5.41, 5.74) is 1.20. The summed E-state index contributed by atoms with van der Waals surface area (Å²) in [6, 6.07) is 8.04. The predicted molar refractivity (Wildman–Crippen MR) is 90.9 cm³/mol. The zero-order valence-electron chi connectivity index (χ0n) is 11.4. The van der Waals surface area contributed by atoms with Crippen molar-refractivity contribution in [2.75, 3.05) is 24.2 Å². The molecule has 0 N–H and O–H groups in total. The van der Waals surface area contributed by atoms with Crippen LogP contribution in [0.1, 0.15) is 30.1 Å². The highest BCUT2D eigenvalue weighted by atomic mass is 79.9. The topological polar surface area (TPSA) is 20.3 Å². The van der Waals surface area contributed by atoms with E-state index in [2.05, 4.69) is 22.0 Å². The lowest BCUT2D eigenvalue weighted by atomic mass is 10.1. The minimum atomic E-state index is 0.282. The third-order valence-corrected chi connectivity index (χ3v) is 5.69. The van der Waals surface area contributed by atoms with Crippen molar-refractivity contribution in [2.45, 2.75) is 24.5 Å². The molecule has 0 spiro atoms. The van der Waals surface area contributed by atoms with Gasteiger partial charge in [0.15, 0.2) is 0 Å². The molecule has 1 atom stereocenters. The van der Waals surface area contributed by atoms with E-state index >= 15 is 0 Å². The van der Waals surface area contributed by atoms with Gasteiger partial charge in [0.25, 0.3) is 0 Å². The van der Waals surface area contributed by atoms with Gasteiger partial charge >= 0.3 is 0 Å². The summed E-state index contributed by atoms with van der Waals surface area (Å²) in [7, 11) is 0. The molecule has 5 heteroatoms. The van der Waals surface area contributed by atoms with Gasteiger partial charge in [-0.3, -0.25) is 4.79 Å². The highest BCUT2D eigenvalue weighted by Gasteiger charge is 2.22. The number of thioether (sulfide) groups is 1. The number of benzene rings is 1. The Bertz CT molecular complexity index is 457. The SMILES string of the molecule is O=C(CCCBr)N1CCSC(c2ccccc2Cl)CC1. The van der Waals surface area contributed by atoms with Crippen molar-refractivity contribution in [3.05, 3.63) is 34.9 Å². The average molecular weight is 377 g/mol. The van der Waals surface area contributed by atoms with Gasteiger partial charge in [-0.1, -0.05) is 45.7 Å². The van der Waals surface area contributed by atoms with Crippen LogP contribution >= 0.6 is 39.3 Å². The second kappa shape index (κ2) is 8.30. The van der Waals surface area contributed by atoms with Gasteiger partial charge in [0.05, 0.1) is 0 Å². The molecule has 2 rings (SSSR count). The van der Waals surface area contributed by atoms with Crippen LogP contribution in [0.15, 0.2) is 24.3 Å². The molecule has 0 aliphatic carbocycles. The number of hydrogen-bond acceptors (Lipinski definition) is 2. The number of rotatable bonds is 4. The van der Waals surface area contributed by atoms with Crippen LogP contribution in [-0.4, -0.2) is 35.0 Å². The third kappa shape index (κ3) is 4.40. The van der Waals surface area contributed by atoms with Crippen LogP contribution < -0.4 is 0 Å². The van der Waals surface area contributed by atoms with Crippen molar-refractivity contribution < 1.29 is 4.79 Å². The van der Waals surface area contributed by atoms with E-state index in [1.54, 1.807) is 0 Å². The summed E-state index contributed by atoms with van der Waals surface area (Å²) in [6.07, 6.45) is 2.54. The second-order valence-corrected chi connectivity index (χ2v) is 7.35. The van der Waals surface area contributed by atoms with Gasteiger partial charge in [0.1, 0.15) is 0 Å². The number of hydrogen-bond donors (Lipinski definition) is 0. The number of alkyl halides is 1. The molecule has 1 aliphatic rings.